The zero-order valence-electron chi connectivity index (χ0n) is 19.5. The summed E-state index contributed by atoms with van der Waals surface area (Å²) < 4.78 is 0. The second-order valence-corrected chi connectivity index (χ2v) is 8.18. The Balaban J connectivity index is 2.10. The Morgan fingerprint density at radius 3 is 1.86 bits per heavy atom. The molecule has 0 saturated heterocycles. The molecule has 14 heteroatoms. The molecule has 192 valence electrons. The van der Waals surface area contributed by atoms with Gasteiger partial charge in [-0.15, -0.1) is 0 Å². The van der Waals surface area contributed by atoms with Crippen LogP contribution >= 0.6 is 0 Å². The minimum Gasteiger partial charge on any atom is -0.480 e. The standard InChI is InChI=1S/C21H32N8O6/c1-3-11(2)17(22)20(33)27-14(4-12-6-23-9-25-12)18(31)29-16(8-30)19(32)28-15(21(34)35)5-13-7-24-10-26-13/h6-7,9-11,14-17,30H,3-5,8,22H2,1-2H3,(H,23,25)(H,24,26)(H,27,33)(H,28,32)(H,29,31)(H,34,35). The van der Waals surface area contributed by atoms with Crippen molar-refractivity contribution in [2.45, 2.75) is 57.3 Å². The maximum Gasteiger partial charge on any atom is 0.326 e. The zero-order chi connectivity index (χ0) is 26.0. The smallest absolute Gasteiger partial charge is 0.326 e. The van der Waals surface area contributed by atoms with E-state index < -0.39 is 54.5 Å². The van der Waals surface area contributed by atoms with Gasteiger partial charge in [-0.25, -0.2) is 14.8 Å². The van der Waals surface area contributed by atoms with E-state index >= 15 is 0 Å². The first kappa shape index (κ1) is 27.5. The fourth-order valence-corrected chi connectivity index (χ4v) is 3.16. The highest BCUT2D eigenvalue weighted by atomic mass is 16.4. The van der Waals surface area contributed by atoms with Gasteiger partial charge in [0.1, 0.15) is 18.1 Å². The molecule has 2 aromatic rings. The Morgan fingerprint density at radius 1 is 0.914 bits per heavy atom. The van der Waals surface area contributed by atoms with Gasteiger partial charge in [0.05, 0.1) is 25.3 Å². The summed E-state index contributed by atoms with van der Waals surface area (Å²) in [5.74, 6) is -3.66. The highest BCUT2D eigenvalue weighted by Crippen LogP contribution is 2.07. The van der Waals surface area contributed by atoms with Crippen LogP contribution in [0.4, 0.5) is 0 Å². The Kier molecular flexibility index (Phi) is 10.4. The summed E-state index contributed by atoms with van der Waals surface area (Å²) in [6.45, 7) is 2.89. The normalized spacial score (nSPS) is 15.3. The van der Waals surface area contributed by atoms with Crippen LogP contribution in [0.1, 0.15) is 31.7 Å². The average molecular weight is 493 g/mol. The lowest BCUT2D eigenvalue weighted by Crippen LogP contribution is -2.59. The fraction of sp³-hybridized carbons (Fsp3) is 0.524. The largest absolute Gasteiger partial charge is 0.480 e. The average Bonchev–Trinajstić information content (AvgIpc) is 3.54. The number of imidazole rings is 2. The van der Waals surface area contributed by atoms with Crippen LogP contribution in [0.5, 0.6) is 0 Å². The topological polar surface area (TPSA) is 228 Å². The van der Waals surface area contributed by atoms with Gasteiger partial charge in [-0.2, -0.15) is 0 Å². The molecule has 0 aliphatic carbocycles. The predicted octanol–water partition coefficient (Wildman–Crippen LogP) is -2.18. The number of nitrogens with two attached hydrogens (primary N) is 1. The number of aliphatic hydroxyl groups excluding tert-OH is 1. The molecule has 0 aromatic carbocycles. The molecule has 0 radical (unpaired) electrons. The van der Waals surface area contributed by atoms with Gasteiger partial charge in [-0.05, 0) is 5.92 Å². The molecule has 2 heterocycles. The molecule has 9 N–H and O–H groups in total. The number of nitrogens with one attached hydrogen (secondary N) is 5. The van der Waals surface area contributed by atoms with Crippen molar-refractivity contribution in [1.82, 2.24) is 35.9 Å². The van der Waals surface area contributed by atoms with Crippen molar-refractivity contribution >= 4 is 23.7 Å². The molecule has 3 amide bonds. The van der Waals surface area contributed by atoms with Gasteiger partial charge in [0.2, 0.25) is 17.7 Å². The molecule has 2 aromatic heterocycles. The van der Waals surface area contributed by atoms with Crippen LogP contribution in [-0.2, 0) is 32.0 Å². The summed E-state index contributed by atoms with van der Waals surface area (Å²) in [5.41, 5.74) is 6.99. The first-order valence-corrected chi connectivity index (χ1v) is 11.1. The molecule has 14 nitrogen and oxygen atoms in total. The Labute approximate surface area is 201 Å². The lowest BCUT2D eigenvalue weighted by Gasteiger charge is -2.25. The maximum absolute atomic E-state index is 13.0. The summed E-state index contributed by atoms with van der Waals surface area (Å²) in [6.07, 6.45) is 6.26. The summed E-state index contributed by atoms with van der Waals surface area (Å²) in [7, 11) is 0. The monoisotopic (exact) mass is 492 g/mol. The number of carbonyl (C=O) groups is 4. The number of aromatic nitrogens is 4. The van der Waals surface area contributed by atoms with Crippen molar-refractivity contribution in [1.29, 1.82) is 0 Å². The maximum atomic E-state index is 13.0. The SMILES string of the molecule is CCC(C)C(N)C(=O)NC(Cc1cnc[nH]1)C(=O)NC(CO)C(=O)NC(Cc1cnc[nH]1)C(=O)O. The Bertz CT molecular complexity index is 965. The molecule has 35 heavy (non-hydrogen) atoms. The number of aliphatic carboxylic acids is 1. The molecule has 0 bridgehead atoms. The van der Waals surface area contributed by atoms with Crippen LogP contribution in [0, 0.1) is 5.92 Å². The van der Waals surface area contributed by atoms with Gasteiger partial charge in [0.25, 0.3) is 0 Å². The molecule has 2 rings (SSSR count). The molecular formula is C21H32N8O6. The summed E-state index contributed by atoms with van der Waals surface area (Å²) >= 11 is 0. The second-order valence-electron chi connectivity index (χ2n) is 8.18. The summed E-state index contributed by atoms with van der Waals surface area (Å²) in [6, 6.07) is -4.79. The van der Waals surface area contributed by atoms with Crippen molar-refractivity contribution in [3.63, 3.8) is 0 Å². The van der Waals surface area contributed by atoms with Gasteiger partial charge in [0.15, 0.2) is 0 Å². The molecule has 0 spiro atoms. The first-order chi connectivity index (χ1) is 16.7. The number of amides is 3. The summed E-state index contributed by atoms with van der Waals surface area (Å²) in [4.78, 5) is 63.1. The number of aliphatic hydroxyl groups is 1. The van der Waals surface area contributed by atoms with E-state index in [1.54, 1.807) is 0 Å². The van der Waals surface area contributed by atoms with Crippen LogP contribution in [0.3, 0.4) is 0 Å². The number of rotatable bonds is 14. The van der Waals surface area contributed by atoms with E-state index in [-0.39, 0.29) is 18.8 Å². The number of nitrogens with zero attached hydrogens (tertiary/aromatic N) is 2. The Morgan fingerprint density at radius 2 is 1.40 bits per heavy atom. The fourth-order valence-electron chi connectivity index (χ4n) is 3.16. The van der Waals surface area contributed by atoms with E-state index in [4.69, 9.17) is 5.73 Å². The second kappa shape index (κ2) is 13.2. The molecule has 0 fully saturated rings. The van der Waals surface area contributed by atoms with E-state index in [1.807, 2.05) is 13.8 Å². The van der Waals surface area contributed by atoms with E-state index in [2.05, 4.69) is 35.9 Å². The number of carboxylic acids is 1. The highest BCUT2D eigenvalue weighted by Gasteiger charge is 2.31. The van der Waals surface area contributed by atoms with Gasteiger partial charge >= 0.3 is 5.97 Å². The number of aromatic amines is 2. The number of H-pyrrole nitrogens is 2. The molecule has 0 aliphatic rings. The zero-order valence-corrected chi connectivity index (χ0v) is 19.5. The summed E-state index contributed by atoms with van der Waals surface area (Å²) in [5, 5.41) is 26.4. The molecular weight excluding hydrogens is 460 g/mol. The van der Waals surface area contributed by atoms with Crippen molar-refractivity contribution in [2.75, 3.05) is 6.61 Å². The third-order valence-corrected chi connectivity index (χ3v) is 5.58. The van der Waals surface area contributed by atoms with E-state index in [1.165, 1.54) is 25.0 Å². The van der Waals surface area contributed by atoms with Crippen molar-refractivity contribution in [3.8, 4) is 0 Å². The van der Waals surface area contributed by atoms with Crippen LogP contribution in [0.25, 0.3) is 0 Å². The van der Waals surface area contributed by atoms with Crippen molar-refractivity contribution in [2.24, 2.45) is 11.7 Å². The molecule has 5 atom stereocenters. The first-order valence-electron chi connectivity index (χ1n) is 11.1. The quantitative estimate of drug-likeness (QED) is 0.143. The van der Waals surface area contributed by atoms with E-state index in [0.717, 1.165) is 0 Å². The molecule has 5 unspecified atom stereocenters. The highest BCUT2D eigenvalue weighted by molar-refractivity contribution is 5.94. The van der Waals surface area contributed by atoms with E-state index in [0.29, 0.717) is 17.8 Å². The lowest BCUT2D eigenvalue weighted by atomic mass is 9.98. The van der Waals surface area contributed by atoms with Crippen LogP contribution in [-0.4, -0.2) is 84.6 Å². The van der Waals surface area contributed by atoms with Gasteiger partial charge in [-0.1, -0.05) is 20.3 Å². The van der Waals surface area contributed by atoms with Crippen LogP contribution in [0.15, 0.2) is 25.0 Å². The number of carbonyl (C=O) groups excluding carboxylic acids is 3. The third-order valence-electron chi connectivity index (χ3n) is 5.58. The third kappa shape index (κ3) is 8.19. The predicted molar refractivity (Wildman–Crippen MR) is 123 cm³/mol. The van der Waals surface area contributed by atoms with Gasteiger partial charge in [-0.3, -0.25) is 14.4 Å². The van der Waals surface area contributed by atoms with Crippen molar-refractivity contribution < 1.29 is 29.4 Å². The minimum absolute atomic E-state index is 0.0160. The lowest BCUT2D eigenvalue weighted by molar-refractivity contribution is -0.142. The van der Waals surface area contributed by atoms with Gasteiger partial charge < -0.3 is 41.9 Å². The number of carboxylic acid groups (broad SMARTS) is 1. The molecule has 0 saturated carbocycles. The molecule has 0 aliphatic heterocycles. The van der Waals surface area contributed by atoms with Crippen LogP contribution < -0.4 is 21.7 Å². The Hall–Kier alpha value is -3.78. The van der Waals surface area contributed by atoms with Crippen molar-refractivity contribution in [3.05, 3.63) is 36.4 Å². The van der Waals surface area contributed by atoms with E-state index in [9.17, 15) is 29.4 Å². The number of hydrogen-bond donors (Lipinski definition) is 8. The number of hydrogen-bond acceptors (Lipinski definition) is 8. The van der Waals surface area contributed by atoms with Gasteiger partial charge in [0, 0.05) is 36.6 Å². The minimum atomic E-state index is -1.46. The van der Waals surface area contributed by atoms with Crippen LogP contribution in [0.2, 0.25) is 0 Å².